The summed E-state index contributed by atoms with van der Waals surface area (Å²) in [6, 6.07) is 56.7. The number of hydrogen-bond donors (Lipinski definition) is 0. The molecular formula is C35H32Ga2N2. The predicted molar refractivity (Wildman–Crippen MR) is 169 cm³/mol. The maximum atomic E-state index is 4.76. The minimum absolute atomic E-state index is 1.10. The molecule has 0 unspecified atom stereocenters. The number of nitrogens with zero attached hydrogens (tertiary/aromatic N) is 2. The van der Waals surface area contributed by atoms with E-state index in [4.69, 9.17) is 5.10 Å². The van der Waals surface area contributed by atoms with Crippen LogP contribution in [0.3, 0.4) is 0 Å². The van der Waals surface area contributed by atoms with E-state index in [0.717, 1.165) is 5.69 Å². The molecule has 0 aliphatic carbocycles. The normalized spacial score (nSPS) is 10.3. The van der Waals surface area contributed by atoms with Gasteiger partial charge in [-0.05, 0) is 0 Å². The van der Waals surface area contributed by atoms with E-state index in [9.17, 15) is 0 Å². The van der Waals surface area contributed by atoms with Gasteiger partial charge in [0.2, 0.25) is 0 Å². The van der Waals surface area contributed by atoms with Gasteiger partial charge in [-0.3, -0.25) is 0 Å². The van der Waals surface area contributed by atoms with E-state index in [-0.39, 0.29) is 0 Å². The number of aromatic nitrogens is 2. The molecule has 1 heterocycles. The molecule has 6 rings (SSSR count). The van der Waals surface area contributed by atoms with Crippen molar-refractivity contribution in [3.8, 4) is 0 Å². The monoisotopic (exact) mass is 618 g/mol. The van der Waals surface area contributed by atoms with Crippen molar-refractivity contribution in [2.75, 3.05) is 0 Å². The maximum absolute atomic E-state index is 4.76. The van der Waals surface area contributed by atoms with Gasteiger partial charge in [0, 0.05) is 0 Å². The molecular weight excluding hydrogens is 588 g/mol. The van der Waals surface area contributed by atoms with Gasteiger partial charge in [0.1, 0.15) is 0 Å². The Hall–Kier alpha value is -3.42. The SMILES string of the molecule is Cc1cc(C)[n]([Ga]([c]2ccccc2)[c]2ccccc2)n1.c1cc[c]([Ga]([c]2ccccc2)[c]2ccccc2)cc1. The molecule has 2 nitrogen and oxygen atoms in total. The first-order valence-electron chi connectivity index (χ1n) is 13.5. The van der Waals surface area contributed by atoms with Crippen molar-refractivity contribution in [2.45, 2.75) is 13.8 Å². The molecule has 5 aromatic carbocycles. The first-order valence-corrected chi connectivity index (χ1v) is 20.6. The summed E-state index contributed by atoms with van der Waals surface area (Å²) in [6.45, 7) is 4.23. The second-order valence-electron chi connectivity index (χ2n) is 9.76. The van der Waals surface area contributed by atoms with Gasteiger partial charge in [0.05, 0.1) is 0 Å². The van der Waals surface area contributed by atoms with Gasteiger partial charge in [-0.25, -0.2) is 0 Å². The van der Waals surface area contributed by atoms with Crippen LogP contribution in [-0.4, -0.2) is 41.2 Å². The third-order valence-electron chi connectivity index (χ3n) is 6.92. The molecule has 0 saturated heterocycles. The molecule has 0 aliphatic heterocycles. The second-order valence-corrected chi connectivity index (χ2v) is 21.3. The zero-order valence-corrected chi connectivity index (χ0v) is 27.4. The van der Waals surface area contributed by atoms with Crippen molar-refractivity contribution >= 4 is 53.3 Å². The van der Waals surface area contributed by atoms with E-state index >= 15 is 0 Å². The van der Waals surface area contributed by atoms with Gasteiger partial charge >= 0.3 is 245 Å². The van der Waals surface area contributed by atoms with Gasteiger partial charge in [-0.15, -0.1) is 0 Å². The molecule has 0 atom stereocenters. The molecule has 0 saturated carbocycles. The first-order chi connectivity index (χ1) is 19.2. The Morgan fingerprint density at radius 2 is 0.744 bits per heavy atom. The number of aryl methyl sites for hydroxylation is 2. The Kier molecular flexibility index (Phi) is 9.46. The fourth-order valence-electron chi connectivity index (χ4n) is 5.17. The summed E-state index contributed by atoms with van der Waals surface area (Å²) in [7, 11) is 0. The van der Waals surface area contributed by atoms with Crippen molar-refractivity contribution < 1.29 is 0 Å². The fourth-order valence-corrected chi connectivity index (χ4v) is 17.5. The van der Waals surface area contributed by atoms with Crippen LogP contribution in [0.5, 0.6) is 0 Å². The van der Waals surface area contributed by atoms with Crippen molar-refractivity contribution in [3.05, 3.63) is 169 Å². The molecule has 0 aliphatic rings. The van der Waals surface area contributed by atoms with Crippen LogP contribution >= 0.6 is 0 Å². The Balaban J connectivity index is 0.000000158. The van der Waals surface area contributed by atoms with Gasteiger partial charge in [-0.2, -0.15) is 0 Å². The molecule has 4 heteroatoms. The van der Waals surface area contributed by atoms with Gasteiger partial charge < -0.3 is 0 Å². The molecule has 0 N–H and O–H groups in total. The number of hydrogen-bond acceptors (Lipinski definition) is 1. The molecule has 188 valence electrons. The molecule has 1 aromatic heterocycles. The summed E-state index contributed by atoms with van der Waals surface area (Å²) in [4.78, 5) is 0. The predicted octanol–water partition coefficient (Wildman–Crippen LogP) is 4.36. The third kappa shape index (κ3) is 6.97. The van der Waals surface area contributed by atoms with Crippen LogP contribution in [-0.2, 0) is 0 Å². The molecule has 0 spiro atoms. The molecule has 0 radical (unpaired) electrons. The van der Waals surface area contributed by atoms with Gasteiger partial charge in [-0.1, -0.05) is 0 Å². The van der Waals surface area contributed by atoms with Crippen molar-refractivity contribution in [3.63, 3.8) is 0 Å². The topological polar surface area (TPSA) is 17.8 Å². The van der Waals surface area contributed by atoms with Gasteiger partial charge in [0.25, 0.3) is 0 Å². The van der Waals surface area contributed by atoms with E-state index in [1.807, 2.05) is 0 Å². The average molecular weight is 620 g/mol. The van der Waals surface area contributed by atoms with E-state index in [1.54, 1.807) is 0 Å². The Labute approximate surface area is 243 Å². The summed E-state index contributed by atoms with van der Waals surface area (Å²) >= 11 is -3.97. The zero-order valence-electron chi connectivity index (χ0n) is 22.6. The average Bonchev–Trinajstić information content (AvgIpc) is 3.33. The molecule has 0 fully saturated rings. The summed E-state index contributed by atoms with van der Waals surface area (Å²) in [5.74, 6) is 0. The van der Waals surface area contributed by atoms with Crippen LogP contribution in [0.4, 0.5) is 0 Å². The second kappa shape index (κ2) is 13.6. The number of benzene rings is 5. The fraction of sp³-hybridized carbons (Fsp3) is 0.0571. The van der Waals surface area contributed by atoms with Crippen LogP contribution in [0.25, 0.3) is 0 Å². The summed E-state index contributed by atoms with van der Waals surface area (Å²) in [6.07, 6.45) is 0. The Bertz CT molecular complexity index is 1420. The van der Waals surface area contributed by atoms with Crippen LogP contribution < -0.4 is 20.6 Å². The number of rotatable bonds is 6. The Morgan fingerprint density at radius 3 is 1.03 bits per heavy atom. The summed E-state index contributed by atoms with van der Waals surface area (Å²) in [5.41, 5.74) is 2.37. The minimum atomic E-state index is -2.10. The van der Waals surface area contributed by atoms with Crippen molar-refractivity contribution in [2.24, 2.45) is 0 Å². The third-order valence-corrected chi connectivity index (χ3v) is 19.9. The van der Waals surface area contributed by atoms with E-state index in [2.05, 4.69) is 175 Å². The molecule has 0 amide bonds. The standard InChI is InChI=1S/5C6H5.C5H7N2.2Ga/c5*1-2-4-6-5-3-1;1-4-3-5(2)7-6-4;;/h5*1-5H;3H,1-2H3;;/q;;;;;-1;;+1. The van der Waals surface area contributed by atoms with E-state index < -0.39 is 32.7 Å². The summed E-state index contributed by atoms with van der Waals surface area (Å²) in [5, 5.41) is 4.76. The summed E-state index contributed by atoms with van der Waals surface area (Å²) < 4.78 is 9.74. The van der Waals surface area contributed by atoms with Crippen LogP contribution in [0.2, 0.25) is 0 Å². The van der Waals surface area contributed by atoms with Crippen LogP contribution in [0.15, 0.2) is 158 Å². The van der Waals surface area contributed by atoms with Crippen LogP contribution in [0, 0.1) is 13.8 Å². The zero-order chi connectivity index (χ0) is 26.9. The molecule has 0 bridgehead atoms. The van der Waals surface area contributed by atoms with Crippen molar-refractivity contribution in [1.82, 2.24) is 8.49 Å². The van der Waals surface area contributed by atoms with Crippen molar-refractivity contribution in [1.29, 1.82) is 0 Å². The molecule has 6 aromatic rings. The first kappa shape index (κ1) is 27.2. The van der Waals surface area contributed by atoms with E-state index in [1.165, 1.54) is 26.3 Å². The van der Waals surface area contributed by atoms with Gasteiger partial charge in [0.15, 0.2) is 0 Å². The van der Waals surface area contributed by atoms with E-state index in [0.29, 0.717) is 0 Å². The Morgan fingerprint density at radius 1 is 0.436 bits per heavy atom. The molecule has 39 heavy (non-hydrogen) atoms. The van der Waals surface area contributed by atoms with Crippen LogP contribution in [0.1, 0.15) is 11.4 Å². The quantitative estimate of drug-likeness (QED) is 0.254.